The number of carbonyl (C=O) groups is 2. The van der Waals surface area contributed by atoms with Crippen molar-refractivity contribution in [1.82, 2.24) is 14.7 Å². The number of ether oxygens (including phenoxy) is 1. The number of likely N-dealkylation sites (tertiary alicyclic amines) is 1. The van der Waals surface area contributed by atoms with Gasteiger partial charge in [-0.3, -0.25) is 0 Å². The molecule has 2 unspecified atom stereocenters. The van der Waals surface area contributed by atoms with Crippen LogP contribution in [0, 0.1) is 5.41 Å². The van der Waals surface area contributed by atoms with Crippen molar-refractivity contribution in [2.24, 2.45) is 5.41 Å². The Hall–Kier alpha value is -1.30. The molecular weight excluding hydrogens is 306 g/mol. The Balaban J connectivity index is 2.00. The summed E-state index contributed by atoms with van der Waals surface area (Å²) in [5.41, 5.74) is 0.0532. The summed E-state index contributed by atoms with van der Waals surface area (Å²) < 4.78 is 5.17. The van der Waals surface area contributed by atoms with Crippen molar-refractivity contribution in [2.75, 3.05) is 26.7 Å². The lowest BCUT2D eigenvalue weighted by Crippen LogP contribution is -2.58. The summed E-state index contributed by atoms with van der Waals surface area (Å²) in [7, 11) is 1.78. The van der Waals surface area contributed by atoms with Crippen LogP contribution in [0.25, 0.3) is 0 Å². The molecule has 2 aliphatic heterocycles. The van der Waals surface area contributed by atoms with Gasteiger partial charge in [0, 0.05) is 13.6 Å². The maximum Gasteiger partial charge on any atom is 0.418 e. The molecule has 138 valence electrons. The molecule has 6 nitrogen and oxygen atoms in total. The number of likely N-dealkylation sites (N-methyl/N-ethyl adjacent to an activating group) is 1. The average molecular weight is 339 g/mol. The first-order chi connectivity index (χ1) is 10.9. The zero-order valence-electron chi connectivity index (χ0n) is 16.3. The SMILES string of the molecule is CC1OC(=O)N(C(=O)N(C)C(C)(C)CN2CCC(C)(C)CC2)C1C. The first-order valence-electron chi connectivity index (χ1n) is 8.95. The molecule has 0 N–H and O–H groups in total. The fraction of sp³-hybridized carbons (Fsp3) is 0.889. The van der Waals surface area contributed by atoms with Gasteiger partial charge < -0.3 is 14.5 Å². The molecule has 2 aliphatic rings. The van der Waals surface area contributed by atoms with Crippen molar-refractivity contribution in [3.8, 4) is 0 Å². The smallest absolute Gasteiger partial charge is 0.418 e. The third-order valence-electron chi connectivity index (χ3n) is 5.79. The van der Waals surface area contributed by atoms with Crippen LogP contribution < -0.4 is 0 Å². The van der Waals surface area contributed by atoms with E-state index in [0.29, 0.717) is 5.41 Å². The largest absolute Gasteiger partial charge is 0.444 e. The summed E-state index contributed by atoms with van der Waals surface area (Å²) in [6.45, 7) is 15.3. The highest BCUT2D eigenvalue weighted by molar-refractivity contribution is 5.93. The molecule has 2 rings (SSSR count). The van der Waals surface area contributed by atoms with E-state index in [9.17, 15) is 9.59 Å². The van der Waals surface area contributed by atoms with Gasteiger partial charge in [0.25, 0.3) is 0 Å². The molecule has 0 aliphatic carbocycles. The zero-order valence-corrected chi connectivity index (χ0v) is 16.3. The van der Waals surface area contributed by atoms with Crippen LogP contribution >= 0.6 is 0 Å². The van der Waals surface area contributed by atoms with Crippen molar-refractivity contribution < 1.29 is 14.3 Å². The summed E-state index contributed by atoms with van der Waals surface area (Å²) in [4.78, 5) is 30.2. The van der Waals surface area contributed by atoms with Gasteiger partial charge in [-0.05, 0) is 59.0 Å². The number of cyclic esters (lactones) is 1. The van der Waals surface area contributed by atoms with Crippen molar-refractivity contribution in [2.45, 2.75) is 72.1 Å². The Bertz CT molecular complexity index is 494. The number of carbonyl (C=O) groups excluding carboxylic acids is 2. The first kappa shape index (κ1) is 19.0. The van der Waals surface area contributed by atoms with Gasteiger partial charge in [-0.15, -0.1) is 0 Å². The average Bonchev–Trinajstić information content (AvgIpc) is 2.73. The molecule has 0 saturated carbocycles. The molecule has 0 aromatic rings. The fourth-order valence-electron chi connectivity index (χ4n) is 3.33. The van der Waals surface area contributed by atoms with E-state index in [1.807, 2.05) is 13.8 Å². The van der Waals surface area contributed by atoms with Crippen LogP contribution in [0.2, 0.25) is 0 Å². The molecule has 2 atom stereocenters. The van der Waals surface area contributed by atoms with Gasteiger partial charge in [0.1, 0.15) is 6.10 Å². The van der Waals surface area contributed by atoms with Crippen LogP contribution in [0.15, 0.2) is 0 Å². The van der Waals surface area contributed by atoms with E-state index >= 15 is 0 Å². The van der Waals surface area contributed by atoms with Crippen molar-refractivity contribution in [3.63, 3.8) is 0 Å². The van der Waals surface area contributed by atoms with Crippen LogP contribution in [0.1, 0.15) is 54.4 Å². The summed E-state index contributed by atoms with van der Waals surface area (Å²) in [6.07, 6.45) is 1.55. The van der Waals surface area contributed by atoms with Crippen LogP contribution in [-0.4, -0.2) is 71.2 Å². The second-order valence-electron chi connectivity index (χ2n) is 8.79. The van der Waals surface area contributed by atoms with E-state index in [4.69, 9.17) is 4.74 Å². The van der Waals surface area contributed by atoms with Gasteiger partial charge in [0.05, 0.1) is 11.6 Å². The summed E-state index contributed by atoms with van der Waals surface area (Å²) in [5, 5.41) is 0. The summed E-state index contributed by atoms with van der Waals surface area (Å²) >= 11 is 0. The molecule has 24 heavy (non-hydrogen) atoms. The number of hydrogen-bond acceptors (Lipinski definition) is 4. The quantitative estimate of drug-likeness (QED) is 0.792. The Labute approximate surface area is 146 Å². The van der Waals surface area contributed by atoms with Crippen molar-refractivity contribution in [1.29, 1.82) is 0 Å². The van der Waals surface area contributed by atoms with Crippen LogP contribution in [-0.2, 0) is 4.74 Å². The highest BCUT2D eigenvalue weighted by Crippen LogP contribution is 2.31. The van der Waals surface area contributed by atoms with E-state index in [-0.39, 0.29) is 23.7 Å². The predicted octanol–water partition coefficient (Wildman–Crippen LogP) is 3.17. The minimum atomic E-state index is -0.539. The van der Waals surface area contributed by atoms with Crippen LogP contribution in [0.5, 0.6) is 0 Å². The minimum Gasteiger partial charge on any atom is -0.444 e. The van der Waals surface area contributed by atoms with E-state index in [1.165, 1.54) is 17.7 Å². The third-order valence-corrected chi connectivity index (χ3v) is 5.79. The number of rotatable bonds is 3. The Kier molecular flexibility index (Phi) is 5.19. The Morgan fingerprint density at radius 1 is 1.29 bits per heavy atom. The van der Waals surface area contributed by atoms with E-state index < -0.39 is 6.09 Å². The minimum absolute atomic E-state index is 0.237. The topological polar surface area (TPSA) is 53.1 Å². The van der Waals surface area contributed by atoms with Gasteiger partial charge in [-0.25, -0.2) is 14.5 Å². The number of piperidine rings is 1. The number of nitrogens with zero attached hydrogens (tertiary/aromatic N) is 3. The molecule has 2 saturated heterocycles. The number of amides is 3. The van der Waals surface area contributed by atoms with Gasteiger partial charge in [0.15, 0.2) is 0 Å². The lowest BCUT2D eigenvalue weighted by Gasteiger charge is -2.44. The van der Waals surface area contributed by atoms with E-state index in [1.54, 1.807) is 11.9 Å². The molecule has 6 heteroatoms. The highest BCUT2D eigenvalue weighted by atomic mass is 16.6. The fourth-order valence-corrected chi connectivity index (χ4v) is 3.33. The third kappa shape index (κ3) is 3.85. The van der Waals surface area contributed by atoms with Gasteiger partial charge >= 0.3 is 12.1 Å². The van der Waals surface area contributed by atoms with Crippen LogP contribution in [0.3, 0.4) is 0 Å². The number of hydrogen-bond donors (Lipinski definition) is 0. The van der Waals surface area contributed by atoms with Crippen LogP contribution in [0.4, 0.5) is 9.59 Å². The van der Waals surface area contributed by atoms with E-state index in [0.717, 1.165) is 19.6 Å². The molecule has 2 heterocycles. The van der Waals surface area contributed by atoms with Crippen molar-refractivity contribution >= 4 is 12.1 Å². The summed E-state index contributed by atoms with van der Waals surface area (Å²) in [6, 6.07) is -0.516. The number of urea groups is 1. The number of imide groups is 1. The molecule has 0 aromatic heterocycles. The van der Waals surface area contributed by atoms with Gasteiger partial charge in [-0.2, -0.15) is 0 Å². The molecule has 0 aromatic carbocycles. The second kappa shape index (κ2) is 6.54. The van der Waals surface area contributed by atoms with Gasteiger partial charge in [0.2, 0.25) is 0 Å². The normalized spacial score (nSPS) is 28.0. The molecule has 0 spiro atoms. The highest BCUT2D eigenvalue weighted by Gasteiger charge is 2.44. The molecule has 0 radical (unpaired) electrons. The lowest BCUT2D eigenvalue weighted by molar-refractivity contribution is 0.0641. The maximum absolute atomic E-state index is 12.8. The monoisotopic (exact) mass is 339 g/mol. The second-order valence-corrected chi connectivity index (χ2v) is 8.79. The van der Waals surface area contributed by atoms with Crippen molar-refractivity contribution in [3.05, 3.63) is 0 Å². The predicted molar refractivity (Wildman–Crippen MR) is 93.9 cm³/mol. The molecular formula is C18H33N3O3. The Morgan fingerprint density at radius 3 is 2.29 bits per heavy atom. The maximum atomic E-state index is 12.8. The molecule has 2 fully saturated rings. The standard InChI is InChI=1S/C18H33N3O3/c1-13-14(2)24-16(23)21(13)15(22)19(7)18(5,6)12-20-10-8-17(3,4)9-11-20/h13-14H,8-12H2,1-7H3. The first-order valence-corrected chi connectivity index (χ1v) is 8.95. The summed E-state index contributed by atoms with van der Waals surface area (Å²) in [5.74, 6) is 0. The zero-order chi connectivity index (χ0) is 18.3. The molecule has 0 bridgehead atoms. The Morgan fingerprint density at radius 2 is 1.83 bits per heavy atom. The lowest BCUT2D eigenvalue weighted by atomic mass is 9.82. The van der Waals surface area contributed by atoms with E-state index in [2.05, 4.69) is 32.6 Å². The molecule has 3 amide bonds. The van der Waals surface area contributed by atoms with Gasteiger partial charge in [-0.1, -0.05) is 13.8 Å².